The van der Waals surface area contributed by atoms with Gasteiger partial charge in [-0.1, -0.05) is 18.2 Å². The average Bonchev–Trinajstić information content (AvgIpc) is 2.83. The largest absolute Gasteiger partial charge is 0.266 e. The molecule has 0 bridgehead atoms. The molecule has 2 aromatic rings. The zero-order valence-electron chi connectivity index (χ0n) is 12.3. The van der Waals surface area contributed by atoms with E-state index in [9.17, 15) is 8.42 Å². The maximum atomic E-state index is 13.0. The van der Waals surface area contributed by atoms with Gasteiger partial charge < -0.3 is 0 Å². The first-order chi connectivity index (χ1) is 9.91. The molecule has 0 aliphatic heterocycles. The van der Waals surface area contributed by atoms with Crippen molar-refractivity contribution in [3.05, 3.63) is 45.6 Å². The van der Waals surface area contributed by atoms with Crippen LogP contribution < -0.4 is 4.31 Å². The van der Waals surface area contributed by atoms with Crippen LogP contribution in [0.2, 0.25) is 0 Å². The first-order valence-corrected chi connectivity index (χ1v) is 9.44. The average molecular weight is 344 g/mol. The van der Waals surface area contributed by atoms with E-state index < -0.39 is 10.0 Å². The highest BCUT2D eigenvalue weighted by atomic mass is 35.5. The van der Waals surface area contributed by atoms with Crippen molar-refractivity contribution in [2.75, 3.05) is 10.8 Å². The highest BCUT2D eigenvalue weighted by molar-refractivity contribution is 7.93. The molecule has 3 nitrogen and oxygen atoms in total. The summed E-state index contributed by atoms with van der Waals surface area (Å²) in [5.74, 6) is 0.331. The molecule has 0 N–H and O–H groups in total. The lowest BCUT2D eigenvalue weighted by atomic mass is 10.2. The Hall–Kier alpha value is -1.04. The number of nitrogens with zero attached hydrogens (tertiary/aromatic N) is 1. The number of anilines is 1. The molecule has 0 saturated carbocycles. The van der Waals surface area contributed by atoms with Crippen molar-refractivity contribution >= 4 is 38.6 Å². The number of halogens is 1. The number of aryl methyl sites for hydroxylation is 2. The fourth-order valence-corrected chi connectivity index (χ4v) is 5.51. The van der Waals surface area contributed by atoms with Gasteiger partial charge in [-0.25, -0.2) is 8.42 Å². The van der Waals surface area contributed by atoms with Gasteiger partial charge in [-0.05, 0) is 38.5 Å². The van der Waals surface area contributed by atoms with Crippen LogP contribution in [0.4, 0.5) is 5.69 Å². The molecular formula is C15H18ClNO2S2. The molecule has 0 fully saturated rings. The van der Waals surface area contributed by atoms with Gasteiger partial charge in [0.25, 0.3) is 10.0 Å². The SMILES string of the molecule is CCN(c1ccccc1C)S(=O)(=O)c1cc(CCl)sc1C. The molecule has 114 valence electrons. The first-order valence-electron chi connectivity index (χ1n) is 6.65. The first kappa shape index (κ1) is 16.3. The Balaban J connectivity index is 2.55. The molecule has 0 unspecified atom stereocenters. The van der Waals surface area contributed by atoms with Crippen LogP contribution >= 0.6 is 22.9 Å². The summed E-state index contributed by atoms with van der Waals surface area (Å²) in [5, 5.41) is 0. The van der Waals surface area contributed by atoms with Crippen molar-refractivity contribution in [3.8, 4) is 0 Å². The smallest absolute Gasteiger partial charge is 0.265 e. The molecular weight excluding hydrogens is 326 g/mol. The van der Waals surface area contributed by atoms with Crippen LogP contribution in [-0.2, 0) is 15.9 Å². The Labute approximate surface area is 135 Å². The second-order valence-corrected chi connectivity index (χ2v) is 8.16. The van der Waals surface area contributed by atoms with E-state index in [1.165, 1.54) is 15.6 Å². The number of sulfonamides is 1. The van der Waals surface area contributed by atoms with E-state index in [1.807, 2.05) is 45.0 Å². The zero-order valence-corrected chi connectivity index (χ0v) is 14.6. The fraction of sp³-hybridized carbons (Fsp3) is 0.333. The lowest BCUT2D eigenvalue weighted by molar-refractivity contribution is 0.591. The topological polar surface area (TPSA) is 37.4 Å². The molecule has 21 heavy (non-hydrogen) atoms. The maximum Gasteiger partial charge on any atom is 0.265 e. The summed E-state index contributed by atoms with van der Waals surface area (Å²) in [6.45, 7) is 5.96. The summed E-state index contributed by atoms with van der Waals surface area (Å²) in [6, 6.07) is 9.19. The standard InChI is InChI=1S/C15H18ClNO2S2/c1-4-17(14-8-6-5-7-11(14)2)21(18,19)15-9-13(10-16)20-12(15)3/h5-9H,4,10H2,1-3H3. The molecule has 0 spiro atoms. The number of thiophene rings is 1. The molecule has 0 atom stereocenters. The molecule has 1 heterocycles. The van der Waals surface area contributed by atoms with E-state index >= 15 is 0 Å². The normalized spacial score (nSPS) is 11.6. The highest BCUT2D eigenvalue weighted by Crippen LogP contribution is 2.32. The van der Waals surface area contributed by atoms with Gasteiger partial charge in [0.1, 0.15) is 4.90 Å². The van der Waals surface area contributed by atoms with Gasteiger partial charge in [0.05, 0.1) is 11.6 Å². The Morgan fingerprint density at radius 2 is 1.90 bits per heavy atom. The van der Waals surface area contributed by atoms with Crippen molar-refractivity contribution in [3.63, 3.8) is 0 Å². The van der Waals surface area contributed by atoms with Crippen molar-refractivity contribution in [2.24, 2.45) is 0 Å². The van der Waals surface area contributed by atoms with Crippen molar-refractivity contribution in [2.45, 2.75) is 31.5 Å². The molecule has 0 saturated heterocycles. The molecule has 0 aliphatic carbocycles. The lowest BCUT2D eigenvalue weighted by Gasteiger charge is -2.24. The summed E-state index contributed by atoms with van der Waals surface area (Å²) in [6.07, 6.45) is 0. The van der Waals surface area contributed by atoms with Gasteiger partial charge in [0, 0.05) is 16.3 Å². The van der Waals surface area contributed by atoms with Crippen LogP contribution in [0.15, 0.2) is 35.2 Å². The van der Waals surface area contributed by atoms with Crippen molar-refractivity contribution < 1.29 is 8.42 Å². The third-order valence-corrected chi connectivity index (χ3v) is 6.94. The van der Waals surface area contributed by atoms with Gasteiger partial charge in [-0.15, -0.1) is 22.9 Å². The monoisotopic (exact) mass is 343 g/mol. The maximum absolute atomic E-state index is 13.0. The van der Waals surface area contributed by atoms with Gasteiger partial charge in [0.15, 0.2) is 0 Å². The van der Waals surface area contributed by atoms with Crippen LogP contribution in [0, 0.1) is 13.8 Å². The van der Waals surface area contributed by atoms with E-state index in [0.717, 1.165) is 21.0 Å². The Morgan fingerprint density at radius 3 is 2.43 bits per heavy atom. The summed E-state index contributed by atoms with van der Waals surface area (Å²) >= 11 is 7.25. The van der Waals surface area contributed by atoms with E-state index in [2.05, 4.69) is 0 Å². The predicted molar refractivity (Wildman–Crippen MR) is 90.0 cm³/mol. The number of benzene rings is 1. The Morgan fingerprint density at radius 1 is 1.24 bits per heavy atom. The number of rotatable bonds is 5. The van der Waals surface area contributed by atoms with Gasteiger partial charge in [0.2, 0.25) is 0 Å². The van der Waals surface area contributed by atoms with Crippen LogP contribution in [0.3, 0.4) is 0 Å². The third-order valence-electron chi connectivity index (χ3n) is 3.29. The van der Waals surface area contributed by atoms with Crippen LogP contribution in [0.25, 0.3) is 0 Å². The minimum atomic E-state index is -3.56. The minimum absolute atomic E-state index is 0.331. The molecule has 0 aliphatic rings. The molecule has 0 amide bonds. The van der Waals surface area contributed by atoms with Crippen molar-refractivity contribution in [1.82, 2.24) is 0 Å². The van der Waals surface area contributed by atoms with E-state index in [0.29, 0.717) is 17.3 Å². The van der Waals surface area contributed by atoms with Crippen LogP contribution in [0.1, 0.15) is 22.2 Å². The zero-order chi connectivity index (χ0) is 15.6. The predicted octanol–water partition coefficient (Wildman–Crippen LogP) is 4.32. The van der Waals surface area contributed by atoms with E-state index in [1.54, 1.807) is 6.07 Å². The second-order valence-electron chi connectivity index (χ2n) is 4.72. The van der Waals surface area contributed by atoms with Crippen LogP contribution in [-0.4, -0.2) is 15.0 Å². The quantitative estimate of drug-likeness (QED) is 0.758. The Kier molecular flexibility index (Phi) is 4.96. The molecule has 1 aromatic heterocycles. The van der Waals surface area contributed by atoms with E-state index in [-0.39, 0.29) is 0 Å². The number of hydrogen-bond donors (Lipinski definition) is 0. The third kappa shape index (κ3) is 3.10. The number of alkyl halides is 1. The summed E-state index contributed by atoms with van der Waals surface area (Å²) in [7, 11) is -3.56. The summed E-state index contributed by atoms with van der Waals surface area (Å²) in [4.78, 5) is 2.00. The molecule has 2 rings (SSSR count). The minimum Gasteiger partial charge on any atom is -0.266 e. The van der Waals surface area contributed by atoms with E-state index in [4.69, 9.17) is 11.6 Å². The molecule has 0 radical (unpaired) electrons. The second kappa shape index (κ2) is 6.38. The summed E-state index contributed by atoms with van der Waals surface area (Å²) in [5.41, 5.74) is 1.66. The highest BCUT2D eigenvalue weighted by Gasteiger charge is 2.27. The molecule has 6 heteroatoms. The van der Waals surface area contributed by atoms with Gasteiger partial charge in [-0.3, -0.25) is 4.31 Å². The van der Waals surface area contributed by atoms with Crippen molar-refractivity contribution in [1.29, 1.82) is 0 Å². The lowest BCUT2D eigenvalue weighted by Crippen LogP contribution is -2.31. The van der Waals surface area contributed by atoms with Crippen LogP contribution in [0.5, 0.6) is 0 Å². The van der Waals surface area contributed by atoms with Gasteiger partial charge >= 0.3 is 0 Å². The fourth-order valence-electron chi connectivity index (χ4n) is 2.28. The number of hydrogen-bond acceptors (Lipinski definition) is 3. The number of para-hydroxylation sites is 1. The van der Waals surface area contributed by atoms with Gasteiger partial charge in [-0.2, -0.15) is 0 Å². The Bertz CT molecular complexity index is 738. The summed E-state index contributed by atoms with van der Waals surface area (Å²) < 4.78 is 27.4. The molecule has 1 aromatic carbocycles.